The zero-order valence-corrected chi connectivity index (χ0v) is 9.00. The molecule has 5 heteroatoms. The van der Waals surface area contributed by atoms with E-state index in [-0.39, 0.29) is 17.6 Å². The van der Waals surface area contributed by atoms with Gasteiger partial charge in [0, 0.05) is 13.8 Å². The van der Waals surface area contributed by atoms with Crippen LogP contribution in [-0.4, -0.2) is 29.7 Å². The maximum Gasteiger partial charge on any atom is 0.217 e. The zero-order chi connectivity index (χ0) is 11.4. The Morgan fingerprint density at radius 1 is 1.07 bits per heavy atom. The molecular formula is C10H16N2O3. The van der Waals surface area contributed by atoms with Crippen molar-refractivity contribution in [3.8, 4) is 0 Å². The van der Waals surface area contributed by atoms with E-state index in [9.17, 15) is 14.4 Å². The number of rotatable bonds is 2. The molecule has 2 N–H and O–H groups in total. The average molecular weight is 212 g/mol. The summed E-state index contributed by atoms with van der Waals surface area (Å²) in [7, 11) is 0. The van der Waals surface area contributed by atoms with E-state index in [1.165, 1.54) is 13.8 Å². The smallest absolute Gasteiger partial charge is 0.217 e. The standard InChI is InChI=1S/C10H16N2O3/c1-6(13)11-8-4-3-5-9(10(8)15)12-7(2)14/h8-9H,3-5H2,1-2H3,(H,11,13)(H,12,14)/t8-,9-/m1/s1. The van der Waals surface area contributed by atoms with Gasteiger partial charge >= 0.3 is 0 Å². The van der Waals surface area contributed by atoms with Crippen LogP contribution >= 0.6 is 0 Å². The molecule has 1 aliphatic rings. The van der Waals surface area contributed by atoms with Crippen LogP contribution in [0.3, 0.4) is 0 Å². The molecule has 1 saturated carbocycles. The van der Waals surface area contributed by atoms with E-state index in [1.54, 1.807) is 0 Å². The lowest BCUT2D eigenvalue weighted by atomic mass is 9.89. The fourth-order valence-electron chi connectivity index (χ4n) is 1.83. The topological polar surface area (TPSA) is 75.3 Å². The summed E-state index contributed by atoms with van der Waals surface area (Å²) < 4.78 is 0. The molecule has 0 aromatic carbocycles. The van der Waals surface area contributed by atoms with Gasteiger partial charge in [-0.05, 0) is 19.3 Å². The van der Waals surface area contributed by atoms with Crippen molar-refractivity contribution in [1.82, 2.24) is 10.6 Å². The third kappa shape index (κ3) is 3.34. The van der Waals surface area contributed by atoms with E-state index in [4.69, 9.17) is 0 Å². The molecule has 0 radical (unpaired) electrons. The fourth-order valence-corrected chi connectivity index (χ4v) is 1.83. The highest BCUT2D eigenvalue weighted by atomic mass is 16.2. The zero-order valence-electron chi connectivity index (χ0n) is 9.00. The summed E-state index contributed by atoms with van der Waals surface area (Å²) in [6.07, 6.45) is 2.16. The van der Waals surface area contributed by atoms with Crippen LogP contribution in [0.5, 0.6) is 0 Å². The van der Waals surface area contributed by atoms with Crippen LogP contribution in [0.1, 0.15) is 33.1 Å². The van der Waals surface area contributed by atoms with Crippen LogP contribution in [0.4, 0.5) is 0 Å². The second-order valence-electron chi connectivity index (χ2n) is 3.84. The summed E-state index contributed by atoms with van der Waals surface area (Å²) in [5, 5.41) is 5.19. The van der Waals surface area contributed by atoms with E-state index < -0.39 is 12.1 Å². The lowest BCUT2D eigenvalue weighted by Gasteiger charge is -2.28. The van der Waals surface area contributed by atoms with E-state index >= 15 is 0 Å². The first-order valence-corrected chi connectivity index (χ1v) is 5.08. The predicted molar refractivity (Wildman–Crippen MR) is 54.1 cm³/mol. The van der Waals surface area contributed by atoms with Gasteiger partial charge in [-0.25, -0.2) is 0 Å². The summed E-state index contributed by atoms with van der Waals surface area (Å²) in [5.41, 5.74) is 0. The Kier molecular flexibility index (Phi) is 3.82. The van der Waals surface area contributed by atoms with Crippen molar-refractivity contribution >= 4 is 17.6 Å². The highest BCUT2D eigenvalue weighted by Gasteiger charge is 2.31. The first kappa shape index (κ1) is 11.7. The number of carbonyl (C=O) groups is 3. The monoisotopic (exact) mass is 212 g/mol. The highest BCUT2D eigenvalue weighted by molar-refractivity contribution is 5.95. The Morgan fingerprint density at radius 2 is 1.47 bits per heavy atom. The maximum absolute atomic E-state index is 11.8. The molecule has 2 amide bonds. The highest BCUT2D eigenvalue weighted by Crippen LogP contribution is 2.15. The summed E-state index contributed by atoms with van der Waals surface area (Å²) in [5.74, 6) is -0.514. The third-order valence-corrected chi connectivity index (χ3v) is 2.43. The number of carbonyl (C=O) groups excluding carboxylic acids is 3. The summed E-state index contributed by atoms with van der Waals surface area (Å²) >= 11 is 0. The molecule has 0 bridgehead atoms. The molecule has 5 nitrogen and oxygen atoms in total. The Hall–Kier alpha value is -1.39. The van der Waals surface area contributed by atoms with Gasteiger partial charge in [0.05, 0.1) is 12.1 Å². The van der Waals surface area contributed by atoms with Crippen LogP contribution < -0.4 is 10.6 Å². The van der Waals surface area contributed by atoms with E-state index in [0.29, 0.717) is 12.8 Å². The number of hydrogen-bond donors (Lipinski definition) is 2. The molecule has 2 atom stereocenters. The predicted octanol–water partition coefficient (Wildman–Crippen LogP) is -0.251. The second kappa shape index (κ2) is 4.91. The van der Waals surface area contributed by atoms with Gasteiger partial charge < -0.3 is 10.6 Å². The molecule has 0 heterocycles. The molecule has 0 aromatic rings. The number of ketones is 1. The van der Waals surface area contributed by atoms with Gasteiger partial charge in [0.15, 0.2) is 5.78 Å². The number of nitrogens with one attached hydrogen (secondary N) is 2. The SMILES string of the molecule is CC(=O)N[C@@H]1CCC[C@@H](NC(C)=O)C1=O. The molecule has 1 aliphatic carbocycles. The molecule has 0 saturated heterocycles. The Bertz CT molecular complexity index is 262. The molecule has 1 rings (SSSR count). The van der Waals surface area contributed by atoms with Crippen molar-refractivity contribution in [1.29, 1.82) is 0 Å². The first-order chi connectivity index (χ1) is 7.00. The van der Waals surface area contributed by atoms with Crippen molar-refractivity contribution < 1.29 is 14.4 Å². The van der Waals surface area contributed by atoms with Gasteiger partial charge in [0.25, 0.3) is 0 Å². The average Bonchev–Trinajstić information content (AvgIpc) is 2.10. The largest absolute Gasteiger partial charge is 0.346 e. The van der Waals surface area contributed by atoms with E-state index in [1.807, 2.05) is 0 Å². The van der Waals surface area contributed by atoms with Crippen molar-refractivity contribution in [3.05, 3.63) is 0 Å². The maximum atomic E-state index is 11.8. The van der Waals surface area contributed by atoms with Crippen molar-refractivity contribution in [2.24, 2.45) is 0 Å². The van der Waals surface area contributed by atoms with Crippen LogP contribution in [0, 0.1) is 0 Å². The number of hydrogen-bond acceptors (Lipinski definition) is 3. The lowest BCUT2D eigenvalue weighted by molar-refractivity contribution is -0.131. The fraction of sp³-hybridized carbons (Fsp3) is 0.700. The Morgan fingerprint density at radius 3 is 1.80 bits per heavy atom. The Balaban J connectivity index is 2.58. The van der Waals surface area contributed by atoms with Gasteiger partial charge in [0.2, 0.25) is 11.8 Å². The Labute approximate surface area is 88.6 Å². The minimum atomic E-state index is -0.437. The minimum absolute atomic E-state index is 0.0911. The van der Waals surface area contributed by atoms with Gasteiger partial charge in [-0.3, -0.25) is 14.4 Å². The molecule has 0 spiro atoms. The molecule has 84 valence electrons. The molecule has 1 fully saturated rings. The molecule has 0 aliphatic heterocycles. The van der Waals surface area contributed by atoms with Crippen LogP contribution in [0.25, 0.3) is 0 Å². The summed E-state index contributed by atoms with van der Waals surface area (Å²) in [6, 6.07) is -0.874. The number of amides is 2. The van der Waals surface area contributed by atoms with Gasteiger partial charge in [-0.15, -0.1) is 0 Å². The molecule has 0 aromatic heterocycles. The third-order valence-electron chi connectivity index (χ3n) is 2.43. The van der Waals surface area contributed by atoms with Crippen molar-refractivity contribution in [2.45, 2.75) is 45.2 Å². The van der Waals surface area contributed by atoms with Crippen molar-refractivity contribution in [2.75, 3.05) is 0 Å². The molecule has 15 heavy (non-hydrogen) atoms. The van der Waals surface area contributed by atoms with Crippen molar-refractivity contribution in [3.63, 3.8) is 0 Å². The summed E-state index contributed by atoms with van der Waals surface area (Å²) in [4.78, 5) is 33.4. The molecular weight excluding hydrogens is 196 g/mol. The van der Waals surface area contributed by atoms with Gasteiger partial charge in [0.1, 0.15) is 0 Å². The molecule has 0 unspecified atom stereocenters. The van der Waals surface area contributed by atoms with Crippen LogP contribution in [-0.2, 0) is 14.4 Å². The first-order valence-electron chi connectivity index (χ1n) is 5.08. The lowest BCUT2D eigenvalue weighted by Crippen LogP contribution is -2.53. The summed E-state index contributed by atoms with van der Waals surface area (Å²) in [6.45, 7) is 2.77. The van der Waals surface area contributed by atoms with Gasteiger partial charge in [-0.1, -0.05) is 0 Å². The van der Waals surface area contributed by atoms with E-state index in [0.717, 1.165) is 6.42 Å². The van der Waals surface area contributed by atoms with E-state index in [2.05, 4.69) is 10.6 Å². The van der Waals surface area contributed by atoms with Gasteiger partial charge in [-0.2, -0.15) is 0 Å². The van der Waals surface area contributed by atoms with Crippen LogP contribution in [0.2, 0.25) is 0 Å². The number of Topliss-reactive ketones (excluding diaryl/α,β-unsaturated/α-hetero) is 1. The quantitative estimate of drug-likeness (QED) is 0.662. The normalized spacial score (nSPS) is 25.9. The van der Waals surface area contributed by atoms with Crippen LogP contribution in [0.15, 0.2) is 0 Å². The minimum Gasteiger partial charge on any atom is -0.346 e. The second-order valence-corrected chi connectivity index (χ2v) is 3.84.